The van der Waals surface area contributed by atoms with Crippen LogP contribution in [0, 0.1) is 6.92 Å². The van der Waals surface area contributed by atoms with Gasteiger partial charge in [-0.2, -0.15) is 5.10 Å². The van der Waals surface area contributed by atoms with Gasteiger partial charge >= 0.3 is 0 Å². The molecule has 150 valence electrons. The average molecular weight is 429 g/mol. The van der Waals surface area contributed by atoms with E-state index in [1.165, 1.54) is 30.2 Å². The summed E-state index contributed by atoms with van der Waals surface area (Å²) < 4.78 is 31.8. The van der Waals surface area contributed by atoms with Crippen molar-refractivity contribution in [3.8, 4) is 0 Å². The minimum absolute atomic E-state index is 0.208. The Hall–Kier alpha value is -2.62. The number of hydrogen-bond acceptors (Lipinski definition) is 6. The summed E-state index contributed by atoms with van der Waals surface area (Å²) in [5, 5.41) is 6.03. The van der Waals surface area contributed by atoms with Crippen LogP contribution < -0.4 is 5.43 Å². The van der Waals surface area contributed by atoms with Gasteiger partial charge in [-0.3, -0.25) is 5.43 Å². The lowest BCUT2D eigenvalue weighted by Gasteiger charge is -2.15. The fraction of sp³-hybridized carbons (Fsp3) is 0.200. The Kier molecular flexibility index (Phi) is 5.20. The van der Waals surface area contributed by atoms with Crippen molar-refractivity contribution in [2.75, 3.05) is 19.8 Å². The lowest BCUT2D eigenvalue weighted by Crippen LogP contribution is -2.25. The first-order chi connectivity index (χ1) is 13.8. The van der Waals surface area contributed by atoms with Gasteiger partial charge in [-0.15, -0.1) is 0 Å². The van der Waals surface area contributed by atoms with Gasteiger partial charge < -0.3 is 4.42 Å². The van der Waals surface area contributed by atoms with Crippen LogP contribution in [0.2, 0.25) is 0 Å². The average Bonchev–Trinajstić information content (AvgIpc) is 3.14. The number of hydrazone groups is 1. The third-order valence-corrected chi connectivity index (χ3v) is 7.21. The minimum atomic E-state index is -3.52. The maximum atomic E-state index is 12.4. The molecule has 2 heterocycles. The molecule has 0 radical (unpaired) electrons. The molecular formula is C20H20N4O3S2. The van der Waals surface area contributed by atoms with Crippen LogP contribution in [0.1, 0.15) is 11.3 Å². The number of aryl methyl sites for hydroxylation is 1. The van der Waals surface area contributed by atoms with Gasteiger partial charge in [-0.05, 0) is 36.8 Å². The first-order valence-electron chi connectivity index (χ1n) is 8.91. The second-order valence-corrected chi connectivity index (χ2v) is 9.88. The van der Waals surface area contributed by atoms with Crippen LogP contribution in [0.3, 0.4) is 0 Å². The molecule has 0 fully saturated rings. The van der Waals surface area contributed by atoms with Gasteiger partial charge in [0, 0.05) is 25.2 Å². The number of hydrogen-bond donors (Lipinski definition) is 1. The number of aliphatic imine (C=N–C) groups is 1. The topological polar surface area (TPSA) is 87.3 Å². The van der Waals surface area contributed by atoms with Crippen molar-refractivity contribution in [1.82, 2.24) is 9.73 Å². The highest BCUT2D eigenvalue weighted by molar-refractivity contribution is 8.14. The third kappa shape index (κ3) is 3.93. The number of amidine groups is 1. The molecule has 1 aliphatic heterocycles. The Balaban J connectivity index is 1.59. The summed E-state index contributed by atoms with van der Waals surface area (Å²) in [7, 11) is -0.503. The fourth-order valence-corrected chi connectivity index (χ4v) is 4.49. The monoisotopic (exact) mass is 428 g/mol. The predicted octanol–water partition coefficient (Wildman–Crippen LogP) is 3.72. The molecule has 1 aromatic heterocycles. The summed E-state index contributed by atoms with van der Waals surface area (Å²) in [6.45, 7) is 1.89. The second-order valence-electron chi connectivity index (χ2n) is 6.76. The van der Waals surface area contributed by atoms with E-state index in [4.69, 9.17) is 4.42 Å². The lowest BCUT2D eigenvalue weighted by atomic mass is 10.2. The molecule has 7 nitrogen and oxygen atoms in total. The molecule has 0 unspecified atom stereocenters. The van der Waals surface area contributed by atoms with E-state index >= 15 is 0 Å². The fourth-order valence-electron chi connectivity index (χ4n) is 2.81. The van der Waals surface area contributed by atoms with Gasteiger partial charge in [0.1, 0.15) is 11.3 Å². The summed E-state index contributed by atoms with van der Waals surface area (Å²) in [5.74, 6) is 1.32. The number of furan rings is 1. The van der Waals surface area contributed by atoms with Crippen molar-refractivity contribution in [3.63, 3.8) is 0 Å². The molecule has 2 aromatic carbocycles. The van der Waals surface area contributed by atoms with Gasteiger partial charge in [-0.1, -0.05) is 36.0 Å². The van der Waals surface area contributed by atoms with Crippen molar-refractivity contribution >= 4 is 49.3 Å². The summed E-state index contributed by atoms with van der Waals surface area (Å²) in [4.78, 5) is 4.78. The molecular weight excluding hydrogens is 408 g/mol. The van der Waals surface area contributed by atoms with E-state index in [1.54, 1.807) is 18.2 Å². The Morgan fingerprint density at radius 2 is 1.97 bits per heavy atom. The molecule has 3 aromatic rings. The van der Waals surface area contributed by atoms with E-state index in [1.807, 2.05) is 37.3 Å². The first-order valence-corrected chi connectivity index (χ1v) is 11.3. The normalized spacial score (nSPS) is 16.3. The Labute approximate surface area is 173 Å². The SMILES string of the molecule is Cc1ccc(S(=O)(=O)N(C)C)cc1N=C1NN=C(c2cc3ccccc3o2)CS1. The number of nitrogens with zero attached hydrogens (tertiary/aromatic N) is 3. The minimum Gasteiger partial charge on any atom is -0.455 e. The molecule has 0 aliphatic carbocycles. The van der Waals surface area contributed by atoms with E-state index < -0.39 is 10.0 Å². The van der Waals surface area contributed by atoms with Crippen LogP contribution in [0.15, 0.2) is 67.9 Å². The molecule has 0 atom stereocenters. The number of benzene rings is 2. The first kappa shape index (κ1) is 19.7. The number of para-hydroxylation sites is 1. The third-order valence-electron chi connectivity index (χ3n) is 4.52. The van der Waals surface area contributed by atoms with Crippen LogP contribution >= 0.6 is 11.8 Å². The van der Waals surface area contributed by atoms with Crippen LogP contribution in [-0.4, -0.2) is 43.5 Å². The van der Waals surface area contributed by atoms with Gasteiger partial charge in [0.15, 0.2) is 10.9 Å². The highest BCUT2D eigenvalue weighted by atomic mass is 32.2. The molecule has 4 rings (SSSR count). The summed E-state index contributed by atoms with van der Waals surface area (Å²) in [6, 6.07) is 14.7. The molecule has 1 N–H and O–H groups in total. The Morgan fingerprint density at radius 3 is 2.66 bits per heavy atom. The zero-order valence-electron chi connectivity index (χ0n) is 16.2. The van der Waals surface area contributed by atoms with E-state index in [0.717, 1.165) is 28.0 Å². The van der Waals surface area contributed by atoms with Gasteiger partial charge in [-0.25, -0.2) is 17.7 Å². The van der Waals surface area contributed by atoms with Crippen LogP contribution in [0.4, 0.5) is 5.69 Å². The Bertz CT molecular complexity index is 1210. The maximum absolute atomic E-state index is 12.4. The number of thioether (sulfide) groups is 1. The summed E-state index contributed by atoms with van der Waals surface area (Å²) in [6.07, 6.45) is 0. The van der Waals surface area contributed by atoms with Crippen molar-refractivity contribution in [1.29, 1.82) is 0 Å². The zero-order chi connectivity index (χ0) is 20.6. The maximum Gasteiger partial charge on any atom is 0.242 e. The van der Waals surface area contributed by atoms with E-state index in [-0.39, 0.29) is 4.90 Å². The molecule has 0 saturated carbocycles. The molecule has 0 spiro atoms. The summed E-state index contributed by atoms with van der Waals surface area (Å²) in [5.41, 5.74) is 6.04. The molecule has 0 amide bonds. The number of rotatable bonds is 4. The number of nitrogens with one attached hydrogen (secondary N) is 1. The highest BCUT2D eigenvalue weighted by Crippen LogP contribution is 2.27. The van der Waals surface area contributed by atoms with E-state index in [9.17, 15) is 8.42 Å². The Morgan fingerprint density at radius 1 is 1.17 bits per heavy atom. The zero-order valence-corrected chi connectivity index (χ0v) is 17.8. The number of sulfonamides is 1. The van der Waals surface area contributed by atoms with Gasteiger partial charge in [0.2, 0.25) is 10.0 Å². The largest absolute Gasteiger partial charge is 0.455 e. The van der Waals surface area contributed by atoms with E-state index in [0.29, 0.717) is 16.6 Å². The smallest absolute Gasteiger partial charge is 0.242 e. The molecule has 9 heteroatoms. The predicted molar refractivity (Wildman–Crippen MR) is 117 cm³/mol. The quantitative estimate of drug-likeness (QED) is 0.684. The van der Waals surface area contributed by atoms with Crippen molar-refractivity contribution < 1.29 is 12.8 Å². The number of fused-ring (bicyclic) bond motifs is 1. The second kappa shape index (κ2) is 7.66. The van der Waals surface area contributed by atoms with Gasteiger partial charge in [0.05, 0.1) is 10.6 Å². The summed E-state index contributed by atoms with van der Waals surface area (Å²) >= 11 is 1.49. The van der Waals surface area contributed by atoms with Crippen molar-refractivity contribution in [2.45, 2.75) is 11.8 Å². The van der Waals surface area contributed by atoms with Gasteiger partial charge in [0.25, 0.3) is 0 Å². The van der Waals surface area contributed by atoms with E-state index in [2.05, 4.69) is 15.5 Å². The molecule has 29 heavy (non-hydrogen) atoms. The molecule has 0 bridgehead atoms. The lowest BCUT2D eigenvalue weighted by molar-refractivity contribution is 0.521. The van der Waals surface area contributed by atoms with Crippen molar-refractivity contribution in [3.05, 3.63) is 59.9 Å². The van der Waals surface area contributed by atoms with Crippen molar-refractivity contribution in [2.24, 2.45) is 10.1 Å². The van der Waals surface area contributed by atoms with Crippen LogP contribution in [-0.2, 0) is 10.0 Å². The van der Waals surface area contributed by atoms with Crippen LogP contribution in [0.25, 0.3) is 11.0 Å². The standard InChI is InChI=1S/C20H20N4O3S2/c1-13-8-9-15(29(25,26)24(2)3)11-16(13)21-20-23-22-17(12-28-20)19-10-14-6-4-5-7-18(14)27-19/h4-11H,12H2,1-3H3,(H,21,23). The van der Waals surface area contributed by atoms with Crippen LogP contribution in [0.5, 0.6) is 0 Å². The molecule has 0 saturated heterocycles. The molecule has 1 aliphatic rings. The highest BCUT2D eigenvalue weighted by Gasteiger charge is 2.20.